The zero-order valence-corrected chi connectivity index (χ0v) is 16.6. The van der Waals surface area contributed by atoms with Gasteiger partial charge in [0, 0.05) is 17.0 Å². The molecule has 0 radical (unpaired) electrons. The van der Waals surface area contributed by atoms with Crippen LogP contribution < -0.4 is 5.32 Å². The normalized spacial score (nSPS) is 15.4. The molecule has 0 aliphatic heterocycles. The van der Waals surface area contributed by atoms with E-state index in [0.29, 0.717) is 16.6 Å². The van der Waals surface area contributed by atoms with E-state index in [4.69, 9.17) is 0 Å². The van der Waals surface area contributed by atoms with Crippen molar-refractivity contribution in [2.75, 3.05) is 5.32 Å². The second-order valence-electron chi connectivity index (χ2n) is 7.50. The fourth-order valence-corrected chi connectivity index (χ4v) is 4.55. The van der Waals surface area contributed by atoms with Gasteiger partial charge in [0.25, 0.3) is 5.91 Å². The van der Waals surface area contributed by atoms with Gasteiger partial charge in [-0.1, -0.05) is 62.6 Å². The van der Waals surface area contributed by atoms with Crippen LogP contribution in [0, 0.1) is 0 Å². The summed E-state index contributed by atoms with van der Waals surface area (Å²) in [5.74, 6) is 0.596. The highest BCUT2D eigenvalue weighted by Crippen LogP contribution is 2.35. The minimum atomic E-state index is -0.151. The fraction of sp³-hybridized carbons (Fsp3) is 0.429. The Morgan fingerprint density at radius 3 is 2.70 bits per heavy atom. The molecular formula is C21H24N4OS. The van der Waals surface area contributed by atoms with Crippen LogP contribution in [0.5, 0.6) is 0 Å². The molecule has 1 amide bonds. The van der Waals surface area contributed by atoms with E-state index in [1.165, 1.54) is 43.4 Å². The highest BCUT2D eigenvalue weighted by Gasteiger charge is 2.21. The number of para-hydroxylation sites is 1. The lowest BCUT2D eigenvalue weighted by Crippen LogP contribution is -2.13. The largest absolute Gasteiger partial charge is 0.296 e. The molecule has 5 nitrogen and oxygen atoms in total. The van der Waals surface area contributed by atoms with Crippen molar-refractivity contribution in [3.8, 4) is 0 Å². The van der Waals surface area contributed by atoms with E-state index in [1.54, 1.807) is 0 Å². The van der Waals surface area contributed by atoms with Crippen molar-refractivity contribution in [1.29, 1.82) is 0 Å². The van der Waals surface area contributed by atoms with Gasteiger partial charge in [0.05, 0.1) is 11.1 Å². The van der Waals surface area contributed by atoms with Gasteiger partial charge in [0.15, 0.2) is 0 Å². The molecule has 4 rings (SSSR count). The maximum Gasteiger partial charge on any atom is 0.258 e. The van der Waals surface area contributed by atoms with Gasteiger partial charge in [0.2, 0.25) is 5.13 Å². The molecule has 2 aromatic heterocycles. The molecule has 0 unspecified atom stereocenters. The SMILES string of the molecule is CC(C)c1cc(C(=O)Nc2nnc(C3CCCCC3)s2)c2ccccc2n1. The fourth-order valence-electron chi connectivity index (χ4n) is 3.64. The number of pyridine rings is 1. The van der Waals surface area contributed by atoms with Crippen molar-refractivity contribution in [3.63, 3.8) is 0 Å². The number of hydrogen-bond acceptors (Lipinski definition) is 5. The zero-order valence-electron chi connectivity index (χ0n) is 15.7. The van der Waals surface area contributed by atoms with Gasteiger partial charge >= 0.3 is 0 Å². The summed E-state index contributed by atoms with van der Waals surface area (Å²) in [7, 11) is 0. The Morgan fingerprint density at radius 2 is 1.93 bits per heavy atom. The predicted molar refractivity (Wildman–Crippen MR) is 110 cm³/mol. The highest BCUT2D eigenvalue weighted by atomic mass is 32.1. The molecule has 1 aromatic carbocycles. The number of nitrogens with zero attached hydrogens (tertiary/aromatic N) is 3. The topological polar surface area (TPSA) is 67.8 Å². The first-order valence-corrected chi connectivity index (χ1v) is 10.5. The Balaban J connectivity index is 1.60. The maximum absolute atomic E-state index is 13.0. The number of aromatic nitrogens is 3. The van der Waals surface area contributed by atoms with Crippen molar-refractivity contribution < 1.29 is 4.79 Å². The smallest absolute Gasteiger partial charge is 0.258 e. The molecular weight excluding hydrogens is 356 g/mol. The molecule has 140 valence electrons. The van der Waals surface area contributed by atoms with E-state index < -0.39 is 0 Å². The molecule has 2 heterocycles. The lowest BCUT2D eigenvalue weighted by Gasteiger charge is -2.18. The number of hydrogen-bond donors (Lipinski definition) is 1. The first kappa shape index (κ1) is 18.0. The second kappa shape index (κ2) is 7.72. The lowest BCUT2D eigenvalue weighted by molar-refractivity contribution is 0.102. The van der Waals surface area contributed by atoms with Gasteiger partial charge < -0.3 is 0 Å². The summed E-state index contributed by atoms with van der Waals surface area (Å²) in [6.45, 7) is 4.17. The number of rotatable bonds is 4. The molecule has 1 aliphatic rings. The van der Waals surface area contributed by atoms with Crippen LogP contribution in [0.15, 0.2) is 30.3 Å². The van der Waals surface area contributed by atoms with E-state index in [1.807, 2.05) is 30.3 Å². The van der Waals surface area contributed by atoms with Crippen LogP contribution >= 0.6 is 11.3 Å². The second-order valence-corrected chi connectivity index (χ2v) is 8.51. The molecule has 0 bridgehead atoms. The van der Waals surface area contributed by atoms with Gasteiger partial charge in [0.1, 0.15) is 5.01 Å². The third-order valence-corrected chi connectivity index (χ3v) is 6.19. The Labute approximate surface area is 163 Å². The summed E-state index contributed by atoms with van der Waals surface area (Å²) in [6.07, 6.45) is 6.18. The molecule has 3 aromatic rings. The Bertz CT molecular complexity index is 960. The van der Waals surface area contributed by atoms with Gasteiger partial charge in [-0.2, -0.15) is 0 Å². The number of nitrogens with one attached hydrogen (secondary N) is 1. The summed E-state index contributed by atoms with van der Waals surface area (Å²) in [6, 6.07) is 9.66. The van der Waals surface area contributed by atoms with Crippen molar-refractivity contribution in [2.24, 2.45) is 0 Å². The molecule has 27 heavy (non-hydrogen) atoms. The molecule has 1 saturated carbocycles. The van der Waals surface area contributed by atoms with E-state index >= 15 is 0 Å². The summed E-state index contributed by atoms with van der Waals surface area (Å²) in [4.78, 5) is 17.7. The van der Waals surface area contributed by atoms with E-state index in [0.717, 1.165) is 21.6 Å². The standard InChI is InChI=1S/C21H24N4OS/c1-13(2)18-12-16(15-10-6-7-11-17(15)22-18)19(26)23-21-25-24-20(27-21)14-8-4-3-5-9-14/h6-7,10-14H,3-5,8-9H2,1-2H3,(H,23,25,26). The van der Waals surface area contributed by atoms with Crippen LogP contribution in [-0.2, 0) is 0 Å². The van der Waals surface area contributed by atoms with Gasteiger partial charge in [-0.3, -0.25) is 15.1 Å². The van der Waals surface area contributed by atoms with Crippen LogP contribution in [-0.4, -0.2) is 21.1 Å². The zero-order chi connectivity index (χ0) is 18.8. The van der Waals surface area contributed by atoms with Crippen LogP contribution in [0.4, 0.5) is 5.13 Å². The van der Waals surface area contributed by atoms with Crippen LogP contribution in [0.1, 0.15) is 78.8 Å². The molecule has 1 N–H and O–H groups in total. The number of carbonyl (C=O) groups excluding carboxylic acids is 1. The maximum atomic E-state index is 13.0. The molecule has 0 spiro atoms. The quantitative estimate of drug-likeness (QED) is 0.648. The molecule has 0 atom stereocenters. The first-order valence-electron chi connectivity index (χ1n) is 9.66. The Kier molecular flexibility index (Phi) is 5.16. The third-order valence-electron chi connectivity index (χ3n) is 5.19. The number of amides is 1. The molecule has 0 saturated heterocycles. The molecule has 1 aliphatic carbocycles. The minimum absolute atomic E-state index is 0.151. The number of carbonyl (C=O) groups is 1. The summed E-state index contributed by atoms with van der Waals surface area (Å²) in [5.41, 5.74) is 2.40. The lowest BCUT2D eigenvalue weighted by atomic mass is 9.90. The van der Waals surface area contributed by atoms with Crippen LogP contribution in [0.2, 0.25) is 0 Å². The van der Waals surface area contributed by atoms with Gasteiger partial charge in [-0.25, -0.2) is 0 Å². The van der Waals surface area contributed by atoms with Gasteiger partial charge in [-0.05, 0) is 30.9 Å². The van der Waals surface area contributed by atoms with Crippen molar-refractivity contribution >= 4 is 33.3 Å². The van der Waals surface area contributed by atoms with E-state index in [9.17, 15) is 4.79 Å². The number of benzene rings is 1. The third kappa shape index (κ3) is 3.86. The monoisotopic (exact) mass is 380 g/mol. The highest BCUT2D eigenvalue weighted by molar-refractivity contribution is 7.15. The van der Waals surface area contributed by atoms with E-state index in [-0.39, 0.29) is 11.8 Å². The van der Waals surface area contributed by atoms with Gasteiger partial charge in [-0.15, -0.1) is 10.2 Å². The van der Waals surface area contributed by atoms with Crippen LogP contribution in [0.25, 0.3) is 10.9 Å². The summed E-state index contributed by atoms with van der Waals surface area (Å²) < 4.78 is 0. The average Bonchev–Trinajstić information content (AvgIpc) is 3.16. The van der Waals surface area contributed by atoms with Crippen molar-refractivity contribution in [2.45, 2.75) is 57.8 Å². The molecule has 6 heteroatoms. The summed E-state index contributed by atoms with van der Waals surface area (Å²) >= 11 is 1.51. The molecule has 1 fully saturated rings. The summed E-state index contributed by atoms with van der Waals surface area (Å²) in [5, 5.41) is 14.0. The van der Waals surface area contributed by atoms with E-state index in [2.05, 4.69) is 34.3 Å². The van der Waals surface area contributed by atoms with Crippen molar-refractivity contribution in [3.05, 3.63) is 46.6 Å². The minimum Gasteiger partial charge on any atom is -0.296 e. The number of fused-ring (bicyclic) bond motifs is 1. The average molecular weight is 381 g/mol. The Morgan fingerprint density at radius 1 is 1.15 bits per heavy atom. The predicted octanol–water partition coefficient (Wildman–Crippen LogP) is 5.51. The Hall–Kier alpha value is -2.34. The number of anilines is 1. The van der Waals surface area contributed by atoms with Crippen LogP contribution in [0.3, 0.4) is 0 Å². The first-order chi connectivity index (χ1) is 13.1. The van der Waals surface area contributed by atoms with Crippen molar-refractivity contribution in [1.82, 2.24) is 15.2 Å².